The van der Waals surface area contributed by atoms with E-state index < -0.39 is 0 Å². The summed E-state index contributed by atoms with van der Waals surface area (Å²) in [5.41, 5.74) is 0. The number of amides is 1. The van der Waals surface area contributed by atoms with Crippen LogP contribution in [0, 0.1) is 5.92 Å². The van der Waals surface area contributed by atoms with E-state index in [1.807, 2.05) is 0 Å². The fourth-order valence-electron chi connectivity index (χ4n) is 1.66. The number of carbonyl (C=O) groups is 1. The maximum atomic E-state index is 11.1. The zero-order valence-electron chi connectivity index (χ0n) is 7.73. The first-order valence-electron chi connectivity index (χ1n) is 4.74. The summed E-state index contributed by atoms with van der Waals surface area (Å²) in [7, 11) is 1.71. The molecular formula is C9H18N2O. The number of hydrogen-bond donors (Lipinski definition) is 2. The molecule has 2 N–H and O–H groups in total. The molecule has 0 radical (unpaired) electrons. The lowest BCUT2D eigenvalue weighted by Gasteiger charge is -2.11. The first kappa shape index (κ1) is 9.52. The van der Waals surface area contributed by atoms with Crippen molar-refractivity contribution in [2.24, 2.45) is 5.92 Å². The van der Waals surface area contributed by atoms with E-state index in [1.165, 1.54) is 12.8 Å². The monoisotopic (exact) mass is 170 g/mol. The molecule has 1 heterocycles. The van der Waals surface area contributed by atoms with Crippen molar-refractivity contribution in [1.82, 2.24) is 10.6 Å². The summed E-state index contributed by atoms with van der Waals surface area (Å²) in [6, 6.07) is 0. The highest BCUT2D eigenvalue weighted by Gasteiger charge is 2.14. The number of hydrogen-bond acceptors (Lipinski definition) is 2. The van der Waals surface area contributed by atoms with Crippen molar-refractivity contribution in [2.75, 3.05) is 20.1 Å². The van der Waals surface area contributed by atoms with Crippen LogP contribution in [0.5, 0.6) is 0 Å². The third-order valence-corrected chi connectivity index (χ3v) is 2.45. The minimum atomic E-state index is 0.182. The SMILES string of the molecule is CNC(=O)CC1CCCNCC1. The summed E-state index contributed by atoms with van der Waals surface area (Å²) < 4.78 is 0. The quantitative estimate of drug-likeness (QED) is 0.634. The molecule has 70 valence electrons. The fourth-order valence-corrected chi connectivity index (χ4v) is 1.66. The molecule has 0 spiro atoms. The molecule has 0 bridgehead atoms. The summed E-state index contributed by atoms with van der Waals surface area (Å²) in [6.45, 7) is 2.19. The van der Waals surface area contributed by atoms with Crippen molar-refractivity contribution in [3.63, 3.8) is 0 Å². The lowest BCUT2D eigenvalue weighted by molar-refractivity contribution is -0.121. The molecule has 0 aliphatic carbocycles. The van der Waals surface area contributed by atoms with Crippen LogP contribution in [0.3, 0.4) is 0 Å². The fraction of sp³-hybridized carbons (Fsp3) is 0.889. The predicted octanol–water partition coefficient (Wildman–Crippen LogP) is 0.512. The molecule has 1 fully saturated rings. The second-order valence-electron chi connectivity index (χ2n) is 3.42. The van der Waals surface area contributed by atoms with Crippen LogP contribution in [0.15, 0.2) is 0 Å². The maximum absolute atomic E-state index is 11.1. The highest BCUT2D eigenvalue weighted by molar-refractivity contribution is 5.75. The number of rotatable bonds is 2. The average molecular weight is 170 g/mol. The highest BCUT2D eigenvalue weighted by Crippen LogP contribution is 2.16. The molecule has 1 saturated heterocycles. The highest BCUT2D eigenvalue weighted by atomic mass is 16.1. The molecule has 12 heavy (non-hydrogen) atoms. The van der Waals surface area contributed by atoms with Crippen LogP contribution in [-0.4, -0.2) is 26.0 Å². The zero-order valence-corrected chi connectivity index (χ0v) is 7.73. The van der Waals surface area contributed by atoms with Gasteiger partial charge >= 0.3 is 0 Å². The minimum absolute atomic E-state index is 0.182. The Bertz CT molecular complexity index is 139. The Kier molecular flexibility index (Phi) is 4.08. The van der Waals surface area contributed by atoms with E-state index in [0.717, 1.165) is 19.5 Å². The summed E-state index contributed by atoms with van der Waals surface area (Å²) in [5, 5.41) is 6.01. The van der Waals surface area contributed by atoms with E-state index in [2.05, 4.69) is 10.6 Å². The molecule has 3 nitrogen and oxygen atoms in total. The Balaban J connectivity index is 2.24. The van der Waals surface area contributed by atoms with Crippen molar-refractivity contribution in [3.8, 4) is 0 Å². The van der Waals surface area contributed by atoms with Crippen LogP contribution < -0.4 is 10.6 Å². The largest absolute Gasteiger partial charge is 0.359 e. The summed E-state index contributed by atoms with van der Waals surface area (Å²) in [6.07, 6.45) is 4.26. The lowest BCUT2D eigenvalue weighted by atomic mass is 9.97. The second-order valence-corrected chi connectivity index (χ2v) is 3.42. The van der Waals surface area contributed by atoms with Gasteiger partial charge in [0.25, 0.3) is 0 Å². The molecular weight excluding hydrogens is 152 g/mol. The van der Waals surface area contributed by atoms with Gasteiger partial charge in [-0.1, -0.05) is 0 Å². The normalized spacial score (nSPS) is 24.6. The van der Waals surface area contributed by atoms with Crippen LogP contribution in [0.1, 0.15) is 25.7 Å². The van der Waals surface area contributed by atoms with E-state index >= 15 is 0 Å². The average Bonchev–Trinajstić information content (AvgIpc) is 2.33. The molecule has 0 aromatic rings. The third kappa shape index (κ3) is 3.22. The Morgan fingerprint density at radius 1 is 1.50 bits per heavy atom. The van der Waals surface area contributed by atoms with E-state index in [9.17, 15) is 4.79 Å². The Hall–Kier alpha value is -0.570. The van der Waals surface area contributed by atoms with Crippen LogP contribution in [0.4, 0.5) is 0 Å². The summed E-state index contributed by atoms with van der Waals surface area (Å²) in [5.74, 6) is 0.779. The molecule has 1 amide bonds. The molecule has 1 atom stereocenters. The molecule has 3 heteroatoms. The van der Waals surface area contributed by atoms with Crippen molar-refractivity contribution >= 4 is 5.91 Å². The van der Waals surface area contributed by atoms with E-state index in [1.54, 1.807) is 7.05 Å². The van der Waals surface area contributed by atoms with Crippen LogP contribution in [0.25, 0.3) is 0 Å². The van der Waals surface area contributed by atoms with Gasteiger partial charge in [-0.25, -0.2) is 0 Å². The van der Waals surface area contributed by atoms with Gasteiger partial charge in [0.15, 0.2) is 0 Å². The van der Waals surface area contributed by atoms with Gasteiger partial charge < -0.3 is 10.6 Å². The van der Waals surface area contributed by atoms with E-state index in [4.69, 9.17) is 0 Å². The topological polar surface area (TPSA) is 41.1 Å². The lowest BCUT2D eigenvalue weighted by Crippen LogP contribution is -2.22. The van der Waals surface area contributed by atoms with Gasteiger partial charge in [0.05, 0.1) is 0 Å². The standard InChI is InChI=1S/C9H18N2O/c1-10-9(12)7-8-3-2-5-11-6-4-8/h8,11H,2-7H2,1H3,(H,10,12). The predicted molar refractivity (Wildman–Crippen MR) is 48.9 cm³/mol. The van der Waals surface area contributed by atoms with Gasteiger partial charge in [0.2, 0.25) is 5.91 Å². The van der Waals surface area contributed by atoms with E-state index in [0.29, 0.717) is 12.3 Å². The third-order valence-electron chi connectivity index (χ3n) is 2.45. The van der Waals surface area contributed by atoms with Crippen molar-refractivity contribution < 1.29 is 4.79 Å². The minimum Gasteiger partial charge on any atom is -0.359 e. The van der Waals surface area contributed by atoms with Crippen LogP contribution in [-0.2, 0) is 4.79 Å². The van der Waals surface area contributed by atoms with Gasteiger partial charge in [-0.2, -0.15) is 0 Å². The van der Waals surface area contributed by atoms with Crippen LogP contribution in [0.2, 0.25) is 0 Å². The summed E-state index contributed by atoms with van der Waals surface area (Å²) in [4.78, 5) is 11.1. The van der Waals surface area contributed by atoms with Crippen molar-refractivity contribution in [3.05, 3.63) is 0 Å². The second kappa shape index (κ2) is 5.14. The molecule has 1 unspecified atom stereocenters. The van der Waals surface area contributed by atoms with Gasteiger partial charge in [-0.15, -0.1) is 0 Å². The molecule has 0 aromatic heterocycles. The van der Waals surface area contributed by atoms with Crippen LogP contribution >= 0.6 is 0 Å². The van der Waals surface area contributed by atoms with Gasteiger partial charge in [0, 0.05) is 13.5 Å². The molecule has 0 saturated carbocycles. The molecule has 1 aliphatic rings. The number of carbonyl (C=O) groups excluding carboxylic acids is 1. The van der Waals surface area contributed by atoms with Gasteiger partial charge in [0.1, 0.15) is 0 Å². The first-order chi connectivity index (χ1) is 5.83. The molecule has 1 rings (SSSR count). The van der Waals surface area contributed by atoms with Crippen molar-refractivity contribution in [1.29, 1.82) is 0 Å². The molecule has 1 aliphatic heterocycles. The van der Waals surface area contributed by atoms with Gasteiger partial charge in [-0.05, 0) is 38.3 Å². The van der Waals surface area contributed by atoms with Crippen molar-refractivity contribution in [2.45, 2.75) is 25.7 Å². The zero-order chi connectivity index (χ0) is 8.81. The smallest absolute Gasteiger partial charge is 0.220 e. The Labute approximate surface area is 73.9 Å². The first-order valence-corrected chi connectivity index (χ1v) is 4.74. The Morgan fingerprint density at radius 3 is 3.08 bits per heavy atom. The summed E-state index contributed by atoms with van der Waals surface area (Å²) >= 11 is 0. The van der Waals surface area contributed by atoms with E-state index in [-0.39, 0.29) is 5.91 Å². The molecule has 0 aromatic carbocycles. The van der Waals surface area contributed by atoms with Gasteiger partial charge in [-0.3, -0.25) is 4.79 Å². The maximum Gasteiger partial charge on any atom is 0.220 e. The number of nitrogens with one attached hydrogen (secondary N) is 2. The Morgan fingerprint density at radius 2 is 2.33 bits per heavy atom.